The zero-order chi connectivity index (χ0) is 21.6. The van der Waals surface area contributed by atoms with Crippen LogP contribution in [0.1, 0.15) is 50.8 Å². The SMILES string of the molecule is CC(C)c1ccc([C@@H](NC(=O)COC(=O)Cn2ccc(=O)[nH]c2=O)C(C)C)cc1. The summed E-state index contributed by atoms with van der Waals surface area (Å²) in [6, 6.07) is 8.99. The van der Waals surface area contributed by atoms with E-state index in [1.165, 1.54) is 11.8 Å². The number of carbonyl (C=O) groups excluding carboxylic acids is 2. The summed E-state index contributed by atoms with van der Waals surface area (Å²) in [5.41, 5.74) is 0.918. The molecule has 0 radical (unpaired) electrons. The van der Waals surface area contributed by atoms with Crippen LogP contribution in [0.5, 0.6) is 0 Å². The quantitative estimate of drug-likeness (QED) is 0.655. The van der Waals surface area contributed by atoms with Gasteiger partial charge in [0.25, 0.3) is 11.5 Å². The molecule has 0 saturated carbocycles. The molecular weight excluding hydrogens is 374 g/mol. The largest absolute Gasteiger partial charge is 0.454 e. The maximum absolute atomic E-state index is 12.3. The minimum atomic E-state index is -0.753. The molecule has 2 rings (SSSR count). The average Bonchev–Trinajstić information content (AvgIpc) is 2.66. The first kappa shape index (κ1) is 22.1. The lowest BCUT2D eigenvalue weighted by molar-refractivity contribution is -0.149. The Hall–Kier alpha value is -3.16. The molecule has 156 valence electrons. The number of hydrogen-bond acceptors (Lipinski definition) is 5. The summed E-state index contributed by atoms with van der Waals surface area (Å²) in [4.78, 5) is 48.8. The van der Waals surface area contributed by atoms with Gasteiger partial charge in [0.15, 0.2) is 6.61 Å². The van der Waals surface area contributed by atoms with Gasteiger partial charge < -0.3 is 10.1 Å². The molecule has 1 heterocycles. The monoisotopic (exact) mass is 401 g/mol. The first-order valence-electron chi connectivity index (χ1n) is 9.52. The molecule has 0 saturated heterocycles. The molecule has 1 amide bonds. The molecule has 2 N–H and O–H groups in total. The fourth-order valence-electron chi connectivity index (χ4n) is 2.84. The van der Waals surface area contributed by atoms with Gasteiger partial charge in [0.05, 0.1) is 6.04 Å². The fraction of sp³-hybridized carbons (Fsp3) is 0.429. The molecule has 0 aliphatic heterocycles. The van der Waals surface area contributed by atoms with Gasteiger partial charge in [-0.15, -0.1) is 0 Å². The molecule has 1 aromatic heterocycles. The van der Waals surface area contributed by atoms with Crippen LogP contribution in [0, 0.1) is 5.92 Å². The topological polar surface area (TPSA) is 110 Å². The van der Waals surface area contributed by atoms with Crippen LogP contribution in [-0.4, -0.2) is 28.0 Å². The van der Waals surface area contributed by atoms with E-state index in [0.29, 0.717) is 5.92 Å². The van der Waals surface area contributed by atoms with Crippen molar-refractivity contribution in [3.8, 4) is 0 Å². The van der Waals surface area contributed by atoms with Gasteiger partial charge in [-0.2, -0.15) is 0 Å². The molecule has 1 atom stereocenters. The van der Waals surface area contributed by atoms with Gasteiger partial charge in [-0.3, -0.25) is 23.9 Å². The number of carbonyl (C=O) groups is 2. The van der Waals surface area contributed by atoms with Crippen LogP contribution in [0.2, 0.25) is 0 Å². The van der Waals surface area contributed by atoms with Crippen molar-refractivity contribution in [2.24, 2.45) is 5.92 Å². The third-order valence-corrected chi connectivity index (χ3v) is 4.51. The number of nitrogens with zero attached hydrogens (tertiary/aromatic N) is 1. The number of rotatable bonds is 8. The maximum Gasteiger partial charge on any atom is 0.328 e. The van der Waals surface area contributed by atoms with Crippen molar-refractivity contribution in [3.63, 3.8) is 0 Å². The van der Waals surface area contributed by atoms with Crippen molar-refractivity contribution in [2.75, 3.05) is 6.61 Å². The standard InChI is InChI=1S/C21H27N3O5/c1-13(2)15-5-7-16(8-6-15)20(14(3)4)22-18(26)12-29-19(27)11-24-10-9-17(25)23-21(24)28/h5-10,13-14,20H,11-12H2,1-4H3,(H,22,26)(H,23,25,28)/t20-/m0/s1. The lowest BCUT2D eigenvalue weighted by atomic mass is 9.93. The summed E-state index contributed by atoms with van der Waals surface area (Å²) in [5.74, 6) is -0.625. The Kier molecular flexibility index (Phi) is 7.52. The summed E-state index contributed by atoms with van der Waals surface area (Å²) in [6.45, 7) is 7.38. The number of benzene rings is 1. The number of aromatic amines is 1. The lowest BCUT2D eigenvalue weighted by Gasteiger charge is -2.23. The van der Waals surface area contributed by atoms with E-state index in [0.717, 1.165) is 16.2 Å². The van der Waals surface area contributed by atoms with Gasteiger partial charge in [0.1, 0.15) is 6.54 Å². The molecular formula is C21H27N3O5. The molecule has 0 aliphatic rings. The normalized spacial score (nSPS) is 12.1. The van der Waals surface area contributed by atoms with Crippen LogP contribution >= 0.6 is 0 Å². The molecule has 0 spiro atoms. The summed E-state index contributed by atoms with van der Waals surface area (Å²) in [6.07, 6.45) is 1.19. The lowest BCUT2D eigenvalue weighted by Crippen LogP contribution is -2.36. The van der Waals surface area contributed by atoms with Crippen LogP contribution in [0.15, 0.2) is 46.1 Å². The molecule has 29 heavy (non-hydrogen) atoms. The number of esters is 1. The van der Waals surface area contributed by atoms with Crippen LogP contribution < -0.4 is 16.6 Å². The van der Waals surface area contributed by atoms with E-state index in [-0.39, 0.29) is 12.0 Å². The Bertz CT molecular complexity index is 957. The Labute approximate surface area is 168 Å². The third-order valence-electron chi connectivity index (χ3n) is 4.51. The van der Waals surface area contributed by atoms with Crippen molar-refractivity contribution in [1.82, 2.24) is 14.9 Å². The van der Waals surface area contributed by atoms with Gasteiger partial charge in [-0.05, 0) is 23.0 Å². The van der Waals surface area contributed by atoms with Gasteiger partial charge >= 0.3 is 11.7 Å². The third kappa shape index (κ3) is 6.44. The highest BCUT2D eigenvalue weighted by Crippen LogP contribution is 2.24. The summed E-state index contributed by atoms with van der Waals surface area (Å²) < 4.78 is 5.95. The zero-order valence-electron chi connectivity index (χ0n) is 17.1. The average molecular weight is 401 g/mol. The molecule has 8 heteroatoms. The smallest absolute Gasteiger partial charge is 0.328 e. The van der Waals surface area contributed by atoms with Gasteiger partial charge in [-0.1, -0.05) is 52.0 Å². The van der Waals surface area contributed by atoms with E-state index < -0.39 is 36.3 Å². The van der Waals surface area contributed by atoms with Crippen LogP contribution in [-0.2, 0) is 20.9 Å². The predicted octanol–water partition coefficient (Wildman–Crippen LogP) is 1.72. The number of ether oxygens (including phenoxy) is 1. The van der Waals surface area contributed by atoms with Gasteiger partial charge in [0, 0.05) is 12.3 Å². The molecule has 1 aromatic carbocycles. The highest BCUT2D eigenvalue weighted by molar-refractivity contribution is 5.80. The second kappa shape index (κ2) is 9.86. The minimum Gasteiger partial charge on any atom is -0.454 e. The van der Waals surface area contributed by atoms with Crippen molar-refractivity contribution in [2.45, 2.75) is 46.2 Å². The Morgan fingerprint density at radius 2 is 1.66 bits per heavy atom. The maximum atomic E-state index is 12.3. The fourth-order valence-corrected chi connectivity index (χ4v) is 2.84. The molecule has 2 aromatic rings. The van der Waals surface area contributed by atoms with Gasteiger partial charge in [0.2, 0.25) is 0 Å². The van der Waals surface area contributed by atoms with Crippen LogP contribution in [0.25, 0.3) is 0 Å². The van der Waals surface area contributed by atoms with Gasteiger partial charge in [-0.25, -0.2) is 4.79 Å². The first-order valence-corrected chi connectivity index (χ1v) is 9.52. The summed E-state index contributed by atoms with van der Waals surface area (Å²) >= 11 is 0. The van der Waals surface area contributed by atoms with E-state index in [1.807, 2.05) is 43.1 Å². The van der Waals surface area contributed by atoms with E-state index in [1.54, 1.807) is 0 Å². The molecule has 0 bridgehead atoms. The van der Waals surface area contributed by atoms with Crippen LogP contribution in [0.3, 0.4) is 0 Å². The molecule has 0 aliphatic carbocycles. The van der Waals surface area contributed by atoms with E-state index in [2.05, 4.69) is 19.2 Å². The van der Waals surface area contributed by atoms with E-state index >= 15 is 0 Å². The Morgan fingerprint density at radius 3 is 2.21 bits per heavy atom. The van der Waals surface area contributed by atoms with Crippen molar-refractivity contribution in [3.05, 3.63) is 68.5 Å². The molecule has 0 unspecified atom stereocenters. The van der Waals surface area contributed by atoms with Crippen molar-refractivity contribution < 1.29 is 14.3 Å². The van der Waals surface area contributed by atoms with Crippen molar-refractivity contribution >= 4 is 11.9 Å². The predicted molar refractivity (Wildman–Crippen MR) is 109 cm³/mol. The number of nitrogens with one attached hydrogen (secondary N) is 2. The zero-order valence-corrected chi connectivity index (χ0v) is 17.1. The number of H-pyrrole nitrogens is 1. The van der Waals surface area contributed by atoms with E-state index in [4.69, 9.17) is 4.74 Å². The highest BCUT2D eigenvalue weighted by atomic mass is 16.5. The molecule has 8 nitrogen and oxygen atoms in total. The van der Waals surface area contributed by atoms with E-state index in [9.17, 15) is 19.2 Å². The second-order valence-electron chi connectivity index (χ2n) is 7.51. The number of hydrogen-bond donors (Lipinski definition) is 2. The Balaban J connectivity index is 1.93. The second-order valence-corrected chi connectivity index (χ2v) is 7.51. The molecule has 0 fully saturated rings. The Morgan fingerprint density at radius 1 is 1.03 bits per heavy atom. The van der Waals surface area contributed by atoms with Crippen LogP contribution in [0.4, 0.5) is 0 Å². The van der Waals surface area contributed by atoms with Crippen molar-refractivity contribution in [1.29, 1.82) is 0 Å². The number of aromatic nitrogens is 2. The minimum absolute atomic E-state index is 0.138. The summed E-state index contributed by atoms with van der Waals surface area (Å²) in [5, 5.41) is 2.89. The summed E-state index contributed by atoms with van der Waals surface area (Å²) in [7, 11) is 0. The first-order chi connectivity index (χ1) is 13.7. The number of amides is 1. The highest BCUT2D eigenvalue weighted by Gasteiger charge is 2.19.